The number of nitrogens with one attached hydrogen (secondary N) is 2. The van der Waals surface area contributed by atoms with Gasteiger partial charge in [-0.15, -0.1) is 0 Å². The van der Waals surface area contributed by atoms with Crippen LogP contribution in [0.15, 0.2) is 40.5 Å². The van der Waals surface area contributed by atoms with Crippen molar-refractivity contribution >= 4 is 27.8 Å². The summed E-state index contributed by atoms with van der Waals surface area (Å²) in [6.45, 7) is 1.64. The molecule has 0 aromatic heterocycles. The van der Waals surface area contributed by atoms with E-state index in [1.165, 1.54) is 13.2 Å². The van der Waals surface area contributed by atoms with E-state index >= 15 is 0 Å². The Morgan fingerprint density at radius 3 is 2.39 bits per heavy atom. The van der Waals surface area contributed by atoms with Crippen molar-refractivity contribution in [2.75, 3.05) is 7.11 Å². The third-order valence-electron chi connectivity index (χ3n) is 2.02. The molecule has 18 heavy (non-hydrogen) atoms. The normalized spacial score (nSPS) is 10.7. The summed E-state index contributed by atoms with van der Waals surface area (Å²) in [5, 5.41) is 0. The predicted octanol–water partition coefficient (Wildman–Crippen LogP) is 1.76. The van der Waals surface area contributed by atoms with Crippen LogP contribution >= 0.6 is 15.9 Å². The number of ether oxygens (including phenoxy) is 1. The summed E-state index contributed by atoms with van der Waals surface area (Å²) in [6, 6.07) is 6.90. The van der Waals surface area contributed by atoms with Crippen LogP contribution in [0.2, 0.25) is 0 Å². The third-order valence-corrected chi connectivity index (χ3v) is 2.54. The summed E-state index contributed by atoms with van der Waals surface area (Å²) in [7, 11) is 1.28. The number of hydrogen-bond acceptors (Lipinski definition) is 4. The van der Waals surface area contributed by atoms with Crippen molar-refractivity contribution in [1.82, 2.24) is 10.9 Å². The molecule has 0 spiro atoms. The molecule has 0 atom stereocenters. The van der Waals surface area contributed by atoms with Crippen molar-refractivity contribution < 1.29 is 14.3 Å². The highest BCUT2D eigenvalue weighted by Crippen LogP contribution is 2.10. The van der Waals surface area contributed by atoms with Crippen molar-refractivity contribution in [3.8, 4) is 0 Å². The fraction of sp³-hybridized carbons (Fsp3) is 0.167. The van der Waals surface area contributed by atoms with Gasteiger partial charge in [0.2, 0.25) is 0 Å². The second-order valence-electron chi connectivity index (χ2n) is 3.44. The van der Waals surface area contributed by atoms with Crippen LogP contribution in [-0.4, -0.2) is 19.0 Å². The molecule has 2 N–H and O–H groups in total. The quantitative estimate of drug-likeness (QED) is 0.505. The highest BCUT2D eigenvalue weighted by atomic mass is 79.9. The average molecular weight is 313 g/mol. The zero-order chi connectivity index (χ0) is 13.5. The van der Waals surface area contributed by atoms with Crippen LogP contribution in [0.25, 0.3) is 0 Å². The summed E-state index contributed by atoms with van der Waals surface area (Å²) in [5.74, 6) is -0.780. The minimum Gasteiger partial charge on any atom is -0.466 e. The Kier molecular flexibility index (Phi) is 5.38. The third kappa shape index (κ3) is 4.58. The largest absolute Gasteiger partial charge is 0.466 e. The van der Waals surface area contributed by atoms with Gasteiger partial charge in [-0.2, -0.15) is 0 Å². The molecule has 5 nitrogen and oxygen atoms in total. The molecular weight excluding hydrogens is 300 g/mol. The van der Waals surface area contributed by atoms with Crippen LogP contribution in [0.5, 0.6) is 0 Å². The Morgan fingerprint density at radius 1 is 1.22 bits per heavy atom. The minimum absolute atomic E-state index is 0.292. The monoisotopic (exact) mass is 312 g/mol. The molecule has 0 aliphatic rings. The van der Waals surface area contributed by atoms with Gasteiger partial charge in [0, 0.05) is 21.8 Å². The average Bonchev–Trinajstić information content (AvgIpc) is 2.36. The van der Waals surface area contributed by atoms with Crippen LogP contribution in [0.1, 0.15) is 17.3 Å². The molecule has 1 aromatic rings. The lowest BCUT2D eigenvalue weighted by Gasteiger charge is -2.08. The van der Waals surface area contributed by atoms with E-state index in [0.717, 1.165) is 4.47 Å². The van der Waals surface area contributed by atoms with Gasteiger partial charge in [0.25, 0.3) is 5.91 Å². The van der Waals surface area contributed by atoms with Crippen LogP contribution in [0.3, 0.4) is 0 Å². The molecule has 0 aliphatic heterocycles. The van der Waals surface area contributed by atoms with Crippen LogP contribution in [0.4, 0.5) is 0 Å². The molecule has 1 aromatic carbocycles. The van der Waals surface area contributed by atoms with E-state index in [2.05, 4.69) is 31.5 Å². The Morgan fingerprint density at radius 2 is 1.83 bits per heavy atom. The zero-order valence-corrected chi connectivity index (χ0v) is 11.6. The second-order valence-corrected chi connectivity index (χ2v) is 4.35. The van der Waals surface area contributed by atoms with Gasteiger partial charge in [-0.3, -0.25) is 10.2 Å². The zero-order valence-electron chi connectivity index (χ0n) is 9.99. The van der Waals surface area contributed by atoms with Crippen LogP contribution < -0.4 is 10.9 Å². The van der Waals surface area contributed by atoms with Gasteiger partial charge in [-0.1, -0.05) is 15.9 Å². The maximum absolute atomic E-state index is 11.7. The lowest BCUT2D eigenvalue weighted by atomic mass is 10.2. The fourth-order valence-corrected chi connectivity index (χ4v) is 1.36. The molecule has 1 amide bonds. The lowest BCUT2D eigenvalue weighted by molar-refractivity contribution is -0.134. The van der Waals surface area contributed by atoms with Gasteiger partial charge in [0.15, 0.2) is 0 Å². The van der Waals surface area contributed by atoms with E-state index in [0.29, 0.717) is 11.3 Å². The molecule has 1 rings (SSSR count). The summed E-state index contributed by atoms with van der Waals surface area (Å²) in [6.07, 6.45) is 1.24. The number of methoxy groups -OCH3 is 1. The van der Waals surface area contributed by atoms with Crippen molar-refractivity contribution in [1.29, 1.82) is 0 Å². The van der Waals surface area contributed by atoms with Gasteiger partial charge in [-0.05, 0) is 31.2 Å². The number of allylic oxidation sites excluding steroid dienone is 1. The van der Waals surface area contributed by atoms with Gasteiger partial charge < -0.3 is 10.2 Å². The Hall–Kier alpha value is -1.82. The minimum atomic E-state index is -0.488. The Balaban J connectivity index is 2.54. The first kappa shape index (κ1) is 14.2. The number of hydrogen-bond donors (Lipinski definition) is 2. The lowest BCUT2D eigenvalue weighted by Crippen LogP contribution is -2.36. The van der Waals surface area contributed by atoms with Gasteiger partial charge in [0.1, 0.15) is 0 Å². The van der Waals surface area contributed by atoms with E-state index in [4.69, 9.17) is 0 Å². The standard InChI is InChI=1S/C12H13BrN2O3/c1-8(7-11(16)18-2)14-15-12(17)9-3-5-10(13)6-4-9/h3-7,14H,1-2H3,(H,15,17)/b8-7+. The van der Waals surface area contributed by atoms with E-state index in [1.54, 1.807) is 31.2 Å². The summed E-state index contributed by atoms with van der Waals surface area (Å²) in [4.78, 5) is 22.6. The molecule has 0 saturated heterocycles. The number of carbonyl (C=O) groups excluding carboxylic acids is 2. The van der Waals surface area contributed by atoms with E-state index in [1.807, 2.05) is 0 Å². The summed E-state index contributed by atoms with van der Waals surface area (Å²) in [5.41, 5.74) is 6.07. The number of benzene rings is 1. The molecule has 0 unspecified atom stereocenters. The molecule has 0 heterocycles. The molecular formula is C12H13BrN2O3. The molecule has 0 aliphatic carbocycles. The van der Waals surface area contributed by atoms with Crippen LogP contribution in [0, 0.1) is 0 Å². The molecule has 0 bridgehead atoms. The SMILES string of the molecule is COC(=O)/C=C(\C)NNC(=O)c1ccc(Br)cc1. The second kappa shape index (κ2) is 6.80. The molecule has 0 saturated carbocycles. The predicted molar refractivity (Wildman–Crippen MR) is 70.5 cm³/mol. The first-order valence-electron chi connectivity index (χ1n) is 5.11. The fourth-order valence-electron chi connectivity index (χ4n) is 1.10. The van der Waals surface area contributed by atoms with Gasteiger partial charge in [0.05, 0.1) is 7.11 Å². The summed E-state index contributed by atoms with van der Waals surface area (Å²) >= 11 is 3.28. The van der Waals surface area contributed by atoms with Gasteiger partial charge in [-0.25, -0.2) is 4.79 Å². The van der Waals surface area contributed by atoms with E-state index in [-0.39, 0.29) is 5.91 Å². The molecule has 6 heteroatoms. The smallest absolute Gasteiger partial charge is 0.332 e. The number of hydrazine groups is 1. The Bertz CT molecular complexity index is 469. The van der Waals surface area contributed by atoms with Crippen molar-refractivity contribution in [3.05, 3.63) is 46.1 Å². The number of carbonyl (C=O) groups is 2. The van der Waals surface area contributed by atoms with Crippen molar-refractivity contribution in [2.24, 2.45) is 0 Å². The number of esters is 1. The van der Waals surface area contributed by atoms with Crippen LogP contribution in [-0.2, 0) is 9.53 Å². The highest BCUT2D eigenvalue weighted by molar-refractivity contribution is 9.10. The summed E-state index contributed by atoms with van der Waals surface area (Å²) < 4.78 is 5.35. The number of halogens is 1. The van der Waals surface area contributed by atoms with E-state index < -0.39 is 5.97 Å². The topological polar surface area (TPSA) is 67.4 Å². The van der Waals surface area contributed by atoms with E-state index in [9.17, 15) is 9.59 Å². The van der Waals surface area contributed by atoms with Crippen molar-refractivity contribution in [2.45, 2.75) is 6.92 Å². The maximum atomic E-state index is 11.7. The molecule has 0 radical (unpaired) electrons. The molecule has 0 fully saturated rings. The van der Waals surface area contributed by atoms with Gasteiger partial charge >= 0.3 is 5.97 Å². The first-order valence-corrected chi connectivity index (χ1v) is 5.90. The number of amides is 1. The maximum Gasteiger partial charge on any atom is 0.332 e. The van der Waals surface area contributed by atoms with Crippen molar-refractivity contribution in [3.63, 3.8) is 0 Å². The number of rotatable bonds is 4. The first-order chi connectivity index (χ1) is 8.52. The Labute approximate surface area is 113 Å². The highest BCUT2D eigenvalue weighted by Gasteiger charge is 2.04. The molecule has 96 valence electrons.